The highest BCUT2D eigenvalue weighted by Crippen LogP contribution is 2.24. The molecule has 5 nitrogen and oxygen atoms in total. The third-order valence-electron chi connectivity index (χ3n) is 2.63. The Morgan fingerprint density at radius 3 is 2.89 bits per heavy atom. The molecule has 0 radical (unpaired) electrons. The van der Waals surface area contributed by atoms with Gasteiger partial charge < -0.3 is 9.84 Å². The normalized spacial score (nSPS) is 18.0. The first kappa shape index (κ1) is 12.9. The van der Waals surface area contributed by atoms with E-state index in [0.29, 0.717) is 5.76 Å². The van der Waals surface area contributed by atoms with Gasteiger partial charge in [-0.05, 0) is 18.4 Å². The Bertz CT molecular complexity index is 538. The summed E-state index contributed by atoms with van der Waals surface area (Å²) < 4.78 is 5.37. The van der Waals surface area contributed by atoms with Crippen LogP contribution in [-0.2, 0) is 14.3 Å². The van der Waals surface area contributed by atoms with Gasteiger partial charge in [-0.25, -0.2) is 4.79 Å². The van der Waals surface area contributed by atoms with Crippen LogP contribution >= 0.6 is 0 Å². The van der Waals surface area contributed by atoms with Gasteiger partial charge in [-0.3, -0.25) is 9.69 Å². The molecule has 0 unspecified atom stereocenters. The largest absolute Gasteiger partial charge is 0.478 e. The fourth-order valence-corrected chi connectivity index (χ4v) is 1.70. The van der Waals surface area contributed by atoms with E-state index in [1.165, 1.54) is 17.4 Å². The molecule has 0 spiro atoms. The van der Waals surface area contributed by atoms with E-state index in [9.17, 15) is 9.59 Å². The Morgan fingerprint density at radius 1 is 1.37 bits per heavy atom. The Kier molecular flexibility index (Phi) is 3.97. The third-order valence-corrected chi connectivity index (χ3v) is 2.63. The van der Waals surface area contributed by atoms with E-state index in [-0.39, 0.29) is 0 Å². The number of carboxylic acid groups (broad SMARTS) is 1. The Labute approximate surface area is 110 Å². The van der Waals surface area contributed by atoms with Crippen LogP contribution in [0.25, 0.3) is 0 Å². The van der Waals surface area contributed by atoms with Crippen LogP contribution in [-0.4, -0.2) is 21.9 Å². The minimum Gasteiger partial charge on any atom is -0.478 e. The van der Waals surface area contributed by atoms with Crippen LogP contribution in [0.5, 0.6) is 0 Å². The lowest BCUT2D eigenvalue weighted by Crippen LogP contribution is -2.21. The summed E-state index contributed by atoms with van der Waals surface area (Å²) in [6, 6.07) is 0. The molecule has 0 aromatic heterocycles. The average Bonchev–Trinajstić information content (AvgIpc) is 2.46. The summed E-state index contributed by atoms with van der Waals surface area (Å²) in [5.74, 6) is -0.995. The topological polar surface area (TPSA) is 66.8 Å². The Hall–Kier alpha value is -2.56. The number of aliphatic carboxylic acids is 1. The molecule has 0 saturated heterocycles. The van der Waals surface area contributed by atoms with Crippen LogP contribution in [0, 0.1) is 0 Å². The lowest BCUT2D eigenvalue weighted by molar-refractivity contribution is -0.132. The van der Waals surface area contributed by atoms with Gasteiger partial charge in [-0.2, -0.15) is 0 Å². The molecule has 1 aliphatic heterocycles. The fraction of sp³-hybridized carbons (Fsp3) is 0.143. The maximum atomic E-state index is 11.7. The highest BCUT2D eigenvalue weighted by atomic mass is 16.5. The van der Waals surface area contributed by atoms with Gasteiger partial charge in [0.1, 0.15) is 12.0 Å². The number of carbonyl (C=O) groups is 2. The number of carbonyl (C=O) groups excluding carboxylic acids is 1. The summed E-state index contributed by atoms with van der Waals surface area (Å²) in [4.78, 5) is 23.4. The molecule has 5 heteroatoms. The van der Waals surface area contributed by atoms with Crippen molar-refractivity contribution in [2.24, 2.45) is 0 Å². The number of rotatable bonds is 3. The van der Waals surface area contributed by atoms with Crippen molar-refractivity contribution in [2.45, 2.75) is 12.8 Å². The minimum atomic E-state index is -1.16. The van der Waals surface area contributed by atoms with Gasteiger partial charge in [0.05, 0.1) is 6.20 Å². The Morgan fingerprint density at radius 2 is 2.21 bits per heavy atom. The molecule has 0 atom stereocenters. The predicted molar refractivity (Wildman–Crippen MR) is 68.4 cm³/mol. The SMILES string of the molecule is O=C(O)/C=C/C(=O)N1C=COC(C2=CC=CCC2)=C1. The number of amides is 1. The third kappa shape index (κ3) is 3.45. The van der Waals surface area contributed by atoms with E-state index in [1.54, 1.807) is 6.20 Å². The fourth-order valence-electron chi connectivity index (χ4n) is 1.70. The van der Waals surface area contributed by atoms with Crippen molar-refractivity contribution >= 4 is 11.9 Å². The second-order valence-electron chi connectivity index (χ2n) is 3.97. The number of nitrogens with zero attached hydrogens (tertiary/aromatic N) is 1. The van der Waals surface area contributed by atoms with Crippen molar-refractivity contribution in [3.63, 3.8) is 0 Å². The van der Waals surface area contributed by atoms with Crippen molar-refractivity contribution in [1.82, 2.24) is 4.90 Å². The van der Waals surface area contributed by atoms with Gasteiger partial charge in [0.25, 0.3) is 5.91 Å². The summed E-state index contributed by atoms with van der Waals surface area (Å²) in [7, 11) is 0. The number of allylic oxidation sites excluding steroid dienone is 4. The standard InChI is InChI=1S/C14H13NO4/c16-13(6-7-14(17)18)15-8-9-19-12(10-15)11-4-2-1-3-5-11/h1-2,4,6-10H,3,5H2,(H,17,18)/b7-6+. The van der Waals surface area contributed by atoms with Gasteiger partial charge in [0.15, 0.2) is 0 Å². The molecule has 2 aliphatic rings. The lowest BCUT2D eigenvalue weighted by Gasteiger charge is -2.20. The van der Waals surface area contributed by atoms with E-state index in [4.69, 9.17) is 9.84 Å². The molecule has 1 amide bonds. The smallest absolute Gasteiger partial charge is 0.328 e. The van der Waals surface area contributed by atoms with Crippen molar-refractivity contribution in [3.8, 4) is 0 Å². The van der Waals surface area contributed by atoms with Gasteiger partial charge in [-0.15, -0.1) is 0 Å². The van der Waals surface area contributed by atoms with Crippen LogP contribution in [0.4, 0.5) is 0 Å². The second-order valence-corrected chi connectivity index (χ2v) is 3.97. The maximum Gasteiger partial charge on any atom is 0.328 e. The molecule has 0 aromatic carbocycles. The van der Waals surface area contributed by atoms with E-state index < -0.39 is 11.9 Å². The molecule has 2 rings (SSSR count). The molecule has 0 saturated carbocycles. The van der Waals surface area contributed by atoms with E-state index in [1.807, 2.05) is 12.2 Å². The highest BCUT2D eigenvalue weighted by Gasteiger charge is 2.15. The molecule has 0 aromatic rings. The first-order chi connectivity index (χ1) is 9.16. The van der Waals surface area contributed by atoms with Crippen LogP contribution in [0.15, 0.2) is 60.4 Å². The van der Waals surface area contributed by atoms with Crippen molar-refractivity contribution in [3.05, 3.63) is 60.4 Å². The maximum absolute atomic E-state index is 11.7. The first-order valence-corrected chi connectivity index (χ1v) is 5.81. The van der Waals surface area contributed by atoms with Crippen LogP contribution in [0.3, 0.4) is 0 Å². The molecule has 98 valence electrons. The van der Waals surface area contributed by atoms with Gasteiger partial charge >= 0.3 is 5.97 Å². The summed E-state index contributed by atoms with van der Waals surface area (Å²) in [6.07, 6.45) is 13.9. The van der Waals surface area contributed by atoms with Crippen molar-refractivity contribution in [1.29, 1.82) is 0 Å². The molecule has 0 bridgehead atoms. The zero-order valence-corrected chi connectivity index (χ0v) is 10.2. The first-order valence-electron chi connectivity index (χ1n) is 5.81. The number of hydrogen-bond donors (Lipinski definition) is 1. The second kappa shape index (κ2) is 5.86. The summed E-state index contributed by atoms with van der Waals surface area (Å²) in [5, 5.41) is 8.48. The number of hydrogen-bond acceptors (Lipinski definition) is 3. The summed E-state index contributed by atoms with van der Waals surface area (Å²) >= 11 is 0. The quantitative estimate of drug-likeness (QED) is 0.788. The highest BCUT2D eigenvalue weighted by molar-refractivity contribution is 5.95. The number of ether oxygens (including phenoxy) is 1. The van der Waals surface area contributed by atoms with E-state index in [2.05, 4.69) is 6.08 Å². The van der Waals surface area contributed by atoms with Crippen molar-refractivity contribution in [2.75, 3.05) is 0 Å². The zero-order chi connectivity index (χ0) is 13.7. The molecule has 1 aliphatic carbocycles. The summed E-state index contributed by atoms with van der Waals surface area (Å²) in [5.41, 5.74) is 1.01. The molecular weight excluding hydrogens is 246 g/mol. The lowest BCUT2D eigenvalue weighted by atomic mass is 10.0. The van der Waals surface area contributed by atoms with E-state index in [0.717, 1.165) is 30.6 Å². The van der Waals surface area contributed by atoms with Crippen LogP contribution < -0.4 is 0 Å². The monoisotopic (exact) mass is 259 g/mol. The van der Waals surface area contributed by atoms with Gasteiger partial charge in [0.2, 0.25) is 0 Å². The molecular formula is C14H13NO4. The van der Waals surface area contributed by atoms with Crippen molar-refractivity contribution < 1.29 is 19.4 Å². The Balaban J connectivity index is 2.12. The van der Waals surface area contributed by atoms with Gasteiger partial charge in [0, 0.05) is 18.4 Å². The molecule has 1 N–H and O–H groups in total. The van der Waals surface area contributed by atoms with E-state index >= 15 is 0 Å². The molecule has 1 heterocycles. The summed E-state index contributed by atoms with van der Waals surface area (Å²) in [6.45, 7) is 0. The average molecular weight is 259 g/mol. The predicted octanol–water partition coefficient (Wildman–Crippen LogP) is 2.08. The molecule has 0 fully saturated rings. The van der Waals surface area contributed by atoms with Crippen LogP contribution in [0.1, 0.15) is 12.8 Å². The number of carboxylic acids is 1. The minimum absolute atomic E-state index is 0.439. The van der Waals surface area contributed by atoms with Gasteiger partial charge in [-0.1, -0.05) is 18.2 Å². The molecule has 19 heavy (non-hydrogen) atoms. The zero-order valence-electron chi connectivity index (χ0n) is 10.2. The van der Waals surface area contributed by atoms with Crippen LogP contribution in [0.2, 0.25) is 0 Å².